The van der Waals surface area contributed by atoms with E-state index >= 15 is 0 Å². The topological polar surface area (TPSA) is 54.2 Å². The van der Waals surface area contributed by atoms with Gasteiger partial charge in [-0.1, -0.05) is 6.07 Å². The number of hydrogen-bond donors (Lipinski definition) is 2. The maximum atomic E-state index is 4.65. The van der Waals surface area contributed by atoms with Crippen LogP contribution in [-0.2, 0) is 13.0 Å². The molecule has 0 aliphatic rings. The summed E-state index contributed by atoms with van der Waals surface area (Å²) in [6.45, 7) is 7.81. The zero-order valence-corrected chi connectivity index (χ0v) is 14.9. The Labute approximate surface area is 142 Å². The number of aliphatic imine (C=N–C) groups is 1. The smallest absolute Gasteiger partial charge is 0.191 e. The van der Waals surface area contributed by atoms with E-state index in [0.29, 0.717) is 0 Å². The molecule has 0 aromatic carbocycles. The van der Waals surface area contributed by atoms with Crippen molar-refractivity contribution in [2.75, 3.05) is 19.6 Å². The third-order valence-corrected chi connectivity index (χ3v) is 4.53. The van der Waals surface area contributed by atoms with Crippen LogP contribution in [0.15, 0.2) is 34.9 Å². The van der Waals surface area contributed by atoms with E-state index in [1.165, 1.54) is 4.88 Å². The van der Waals surface area contributed by atoms with Gasteiger partial charge in [-0.3, -0.25) is 4.99 Å². The molecule has 2 rings (SSSR count). The summed E-state index contributed by atoms with van der Waals surface area (Å²) in [6, 6.07) is 4.27. The highest BCUT2D eigenvalue weighted by Gasteiger charge is 1.99. The Hall–Kier alpha value is -1.82. The molecule has 2 heterocycles. The minimum absolute atomic E-state index is 0.849. The summed E-state index contributed by atoms with van der Waals surface area (Å²) in [4.78, 5) is 10.3. The third kappa shape index (κ3) is 6.44. The number of guanidine groups is 1. The average molecular weight is 334 g/mol. The van der Waals surface area contributed by atoms with E-state index in [4.69, 9.17) is 0 Å². The van der Waals surface area contributed by atoms with Crippen LogP contribution in [0, 0.1) is 6.92 Å². The zero-order valence-electron chi connectivity index (χ0n) is 14.1. The van der Waals surface area contributed by atoms with Crippen LogP contribution < -0.4 is 10.6 Å². The Balaban J connectivity index is 1.65. The van der Waals surface area contributed by atoms with Crippen molar-refractivity contribution < 1.29 is 0 Å². The van der Waals surface area contributed by atoms with Gasteiger partial charge in [-0.15, -0.1) is 11.3 Å². The number of thiophene rings is 1. The second-order valence-corrected chi connectivity index (χ2v) is 6.42. The number of unbranched alkanes of at least 4 members (excludes halogenated alkanes) is 1. The molecule has 2 aromatic rings. The van der Waals surface area contributed by atoms with Gasteiger partial charge in [0.05, 0.1) is 0 Å². The summed E-state index contributed by atoms with van der Waals surface area (Å²) >= 11 is 1.80. The lowest BCUT2D eigenvalue weighted by Gasteiger charge is -2.11. The van der Waals surface area contributed by atoms with E-state index in [1.54, 1.807) is 11.3 Å². The molecule has 0 unspecified atom stereocenters. The molecule has 2 N–H and O–H groups in total. The van der Waals surface area contributed by atoms with Gasteiger partial charge in [-0.05, 0) is 44.6 Å². The lowest BCUT2D eigenvalue weighted by atomic mass is 10.3. The first kappa shape index (κ1) is 17.5. The highest BCUT2D eigenvalue weighted by atomic mass is 32.1. The number of nitrogens with zero attached hydrogens (tertiary/aromatic N) is 3. The molecule has 5 nitrogen and oxygen atoms in total. The summed E-state index contributed by atoms with van der Waals surface area (Å²) in [6.07, 6.45) is 7.14. The first-order valence-corrected chi connectivity index (χ1v) is 9.20. The Bertz CT molecular complexity index is 574. The fourth-order valence-corrected chi connectivity index (χ4v) is 3.03. The van der Waals surface area contributed by atoms with Crippen LogP contribution in [0.4, 0.5) is 0 Å². The van der Waals surface area contributed by atoms with Crippen molar-refractivity contribution in [2.24, 2.45) is 4.99 Å². The molecular formula is C17H27N5S. The van der Waals surface area contributed by atoms with Crippen molar-refractivity contribution in [3.05, 3.63) is 40.6 Å². The van der Waals surface area contributed by atoms with Gasteiger partial charge in [0.1, 0.15) is 5.82 Å². The summed E-state index contributed by atoms with van der Waals surface area (Å²) in [5, 5.41) is 8.83. The minimum atomic E-state index is 0.849. The second-order valence-electron chi connectivity index (χ2n) is 5.39. The van der Waals surface area contributed by atoms with E-state index in [-0.39, 0.29) is 0 Å². The molecule has 0 amide bonds. The Morgan fingerprint density at radius 1 is 1.35 bits per heavy atom. The number of aromatic nitrogens is 2. The van der Waals surface area contributed by atoms with E-state index in [1.807, 2.05) is 19.3 Å². The van der Waals surface area contributed by atoms with Gasteiger partial charge in [0, 0.05) is 43.4 Å². The van der Waals surface area contributed by atoms with Gasteiger partial charge in [-0.25, -0.2) is 4.98 Å². The molecule has 0 aliphatic heterocycles. The molecule has 6 heteroatoms. The molecule has 0 bridgehead atoms. The van der Waals surface area contributed by atoms with Crippen LogP contribution >= 0.6 is 11.3 Å². The summed E-state index contributed by atoms with van der Waals surface area (Å²) in [5.74, 6) is 2.00. The lowest BCUT2D eigenvalue weighted by Crippen LogP contribution is -2.38. The molecule has 126 valence electrons. The number of nitrogens with one attached hydrogen (secondary N) is 2. The maximum Gasteiger partial charge on any atom is 0.191 e. The number of hydrogen-bond acceptors (Lipinski definition) is 3. The molecule has 2 aromatic heterocycles. The van der Waals surface area contributed by atoms with Crippen LogP contribution in [0.2, 0.25) is 0 Å². The SMILES string of the molecule is CCNC(=NCCCCn1ccnc1C)NCCc1cccs1. The molecule has 0 radical (unpaired) electrons. The maximum absolute atomic E-state index is 4.65. The monoisotopic (exact) mass is 333 g/mol. The van der Waals surface area contributed by atoms with Crippen molar-refractivity contribution in [3.8, 4) is 0 Å². The summed E-state index contributed by atoms with van der Waals surface area (Å²) in [5.41, 5.74) is 0. The number of aryl methyl sites for hydroxylation is 2. The first-order valence-electron chi connectivity index (χ1n) is 8.32. The highest BCUT2D eigenvalue weighted by molar-refractivity contribution is 7.09. The van der Waals surface area contributed by atoms with Gasteiger partial charge in [0.2, 0.25) is 0 Å². The molecule has 0 fully saturated rings. The number of imidazole rings is 1. The summed E-state index contributed by atoms with van der Waals surface area (Å²) in [7, 11) is 0. The summed E-state index contributed by atoms with van der Waals surface area (Å²) < 4.78 is 2.19. The fourth-order valence-electron chi connectivity index (χ4n) is 2.33. The van der Waals surface area contributed by atoms with Crippen LogP contribution in [0.25, 0.3) is 0 Å². The third-order valence-electron chi connectivity index (χ3n) is 3.59. The van der Waals surface area contributed by atoms with E-state index < -0.39 is 0 Å². The second kappa shape index (κ2) is 10.0. The van der Waals surface area contributed by atoms with Crippen molar-refractivity contribution in [1.82, 2.24) is 20.2 Å². The highest BCUT2D eigenvalue weighted by Crippen LogP contribution is 2.08. The predicted molar refractivity (Wildman–Crippen MR) is 98.2 cm³/mol. The van der Waals surface area contributed by atoms with Crippen molar-refractivity contribution in [2.45, 2.75) is 39.7 Å². The van der Waals surface area contributed by atoms with Gasteiger partial charge in [-0.2, -0.15) is 0 Å². The largest absolute Gasteiger partial charge is 0.357 e. The molecule has 0 spiro atoms. The van der Waals surface area contributed by atoms with Gasteiger partial charge in [0.25, 0.3) is 0 Å². The van der Waals surface area contributed by atoms with Crippen LogP contribution in [0.3, 0.4) is 0 Å². The molecule has 0 saturated carbocycles. The lowest BCUT2D eigenvalue weighted by molar-refractivity contribution is 0.600. The van der Waals surface area contributed by atoms with Gasteiger partial charge < -0.3 is 15.2 Å². The Morgan fingerprint density at radius 2 is 2.26 bits per heavy atom. The average Bonchev–Trinajstić information content (AvgIpc) is 3.19. The standard InChI is InChI=1S/C17H27N5S/c1-3-18-17(21-10-8-16-7-6-14-23-16)20-9-4-5-12-22-13-11-19-15(22)2/h6-7,11,13-14H,3-5,8-10,12H2,1-2H3,(H2,18,20,21). The van der Waals surface area contributed by atoms with E-state index in [2.05, 4.69) is 49.6 Å². The number of rotatable bonds is 9. The normalized spacial score (nSPS) is 11.7. The van der Waals surface area contributed by atoms with Gasteiger partial charge in [0.15, 0.2) is 5.96 Å². The Kier molecular flexibility index (Phi) is 7.66. The Morgan fingerprint density at radius 3 is 2.96 bits per heavy atom. The first-order chi connectivity index (χ1) is 11.3. The molecule has 0 atom stereocenters. The van der Waals surface area contributed by atoms with E-state index in [0.717, 1.165) is 57.2 Å². The van der Waals surface area contributed by atoms with Crippen molar-refractivity contribution in [3.63, 3.8) is 0 Å². The van der Waals surface area contributed by atoms with Crippen molar-refractivity contribution in [1.29, 1.82) is 0 Å². The molecule has 0 aliphatic carbocycles. The van der Waals surface area contributed by atoms with Crippen molar-refractivity contribution >= 4 is 17.3 Å². The van der Waals surface area contributed by atoms with E-state index in [9.17, 15) is 0 Å². The van der Waals surface area contributed by atoms with Gasteiger partial charge >= 0.3 is 0 Å². The minimum Gasteiger partial charge on any atom is -0.357 e. The van der Waals surface area contributed by atoms with Crippen LogP contribution in [-0.4, -0.2) is 35.1 Å². The molecule has 0 saturated heterocycles. The fraction of sp³-hybridized carbons (Fsp3) is 0.529. The quantitative estimate of drug-likeness (QED) is 0.421. The predicted octanol–water partition coefficient (Wildman–Crippen LogP) is 2.83. The van der Waals surface area contributed by atoms with Crippen LogP contribution in [0.5, 0.6) is 0 Å². The molecular weight excluding hydrogens is 306 g/mol. The molecule has 23 heavy (non-hydrogen) atoms. The zero-order chi connectivity index (χ0) is 16.3. The van der Waals surface area contributed by atoms with Crippen LogP contribution in [0.1, 0.15) is 30.5 Å².